The van der Waals surface area contributed by atoms with Gasteiger partial charge in [0.2, 0.25) is 0 Å². The fourth-order valence-corrected chi connectivity index (χ4v) is 3.67. The molecule has 0 atom stereocenters. The van der Waals surface area contributed by atoms with E-state index in [4.69, 9.17) is 21.1 Å². The average molecular weight is 573 g/mol. The van der Waals surface area contributed by atoms with Crippen LogP contribution >= 0.6 is 34.2 Å². The number of nitrogens with one attached hydrogen (secondary N) is 1. The molecule has 0 aromatic heterocycles. The van der Waals surface area contributed by atoms with Crippen LogP contribution in [0.3, 0.4) is 0 Å². The van der Waals surface area contributed by atoms with Crippen molar-refractivity contribution in [1.82, 2.24) is 0 Å². The average Bonchev–Trinajstić information content (AvgIpc) is 2.83. The molecule has 0 bridgehead atoms. The van der Waals surface area contributed by atoms with Crippen molar-refractivity contribution >= 4 is 51.9 Å². The second-order valence-corrected chi connectivity index (χ2v) is 8.78. The Bertz CT molecular complexity index is 1200. The van der Waals surface area contributed by atoms with Crippen LogP contribution in [-0.4, -0.2) is 13.0 Å². The number of aryl methyl sites for hydroxylation is 1. The molecule has 3 aromatic carbocycles. The molecule has 168 valence electrons. The number of carbonyl (C=O) groups excluding carboxylic acids is 1. The molecule has 1 amide bonds. The van der Waals surface area contributed by atoms with Crippen molar-refractivity contribution in [2.24, 2.45) is 0 Å². The molecule has 7 heteroatoms. The van der Waals surface area contributed by atoms with Crippen LogP contribution in [0.5, 0.6) is 11.5 Å². The van der Waals surface area contributed by atoms with Crippen LogP contribution in [0.1, 0.15) is 23.6 Å². The van der Waals surface area contributed by atoms with Crippen molar-refractivity contribution in [1.29, 1.82) is 5.26 Å². The molecule has 0 aliphatic rings. The van der Waals surface area contributed by atoms with Crippen molar-refractivity contribution in [2.75, 3.05) is 12.4 Å². The van der Waals surface area contributed by atoms with E-state index in [1.165, 1.54) is 13.2 Å². The second-order valence-electron chi connectivity index (χ2n) is 7.12. The summed E-state index contributed by atoms with van der Waals surface area (Å²) in [5, 5.41) is 12.6. The zero-order valence-corrected chi connectivity index (χ0v) is 21.1. The Labute approximate surface area is 212 Å². The number of carbonyl (C=O) groups is 1. The van der Waals surface area contributed by atoms with Gasteiger partial charge in [0.1, 0.15) is 18.2 Å². The number of nitriles is 1. The highest BCUT2D eigenvalue weighted by molar-refractivity contribution is 14.1. The maximum Gasteiger partial charge on any atom is 0.266 e. The Morgan fingerprint density at radius 2 is 1.79 bits per heavy atom. The lowest BCUT2D eigenvalue weighted by atomic mass is 10.1. The zero-order valence-electron chi connectivity index (χ0n) is 18.2. The van der Waals surface area contributed by atoms with Crippen LogP contribution in [0.15, 0.2) is 66.2 Å². The van der Waals surface area contributed by atoms with Gasteiger partial charge in [0.15, 0.2) is 11.5 Å². The summed E-state index contributed by atoms with van der Waals surface area (Å²) in [6.07, 6.45) is 2.37. The molecule has 33 heavy (non-hydrogen) atoms. The van der Waals surface area contributed by atoms with Crippen LogP contribution in [0.2, 0.25) is 5.02 Å². The highest BCUT2D eigenvalue weighted by Crippen LogP contribution is 2.37. The van der Waals surface area contributed by atoms with E-state index in [-0.39, 0.29) is 5.57 Å². The van der Waals surface area contributed by atoms with Gasteiger partial charge in [-0.15, -0.1) is 0 Å². The molecule has 0 aliphatic heterocycles. The molecule has 0 fully saturated rings. The van der Waals surface area contributed by atoms with Gasteiger partial charge in [-0.05, 0) is 88.2 Å². The SMILES string of the molecule is CCc1ccc(NC(=O)/C(C#N)=C/c2cc(Cl)c(OCc3ccc(I)cc3)c(OC)c2)cc1. The minimum Gasteiger partial charge on any atom is -0.493 e. The summed E-state index contributed by atoms with van der Waals surface area (Å²) in [5.41, 5.74) is 3.27. The number of benzene rings is 3. The molecule has 5 nitrogen and oxygen atoms in total. The first kappa shape index (κ1) is 24.6. The number of hydrogen-bond donors (Lipinski definition) is 1. The largest absolute Gasteiger partial charge is 0.493 e. The van der Waals surface area contributed by atoms with Crippen LogP contribution in [0.25, 0.3) is 6.08 Å². The number of halogens is 2. The first-order valence-corrected chi connectivity index (χ1v) is 11.7. The molecule has 0 aliphatic carbocycles. The highest BCUT2D eigenvalue weighted by Gasteiger charge is 2.15. The first-order chi connectivity index (χ1) is 15.9. The van der Waals surface area contributed by atoms with Crippen molar-refractivity contribution in [3.63, 3.8) is 0 Å². The fraction of sp³-hybridized carbons (Fsp3) is 0.154. The van der Waals surface area contributed by atoms with Crippen molar-refractivity contribution in [2.45, 2.75) is 20.0 Å². The van der Waals surface area contributed by atoms with E-state index in [1.807, 2.05) is 54.6 Å². The maximum absolute atomic E-state index is 12.6. The fourth-order valence-electron chi connectivity index (χ4n) is 3.04. The molecular weight excluding hydrogens is 551 g/mol. The van der Waals surface area contributed by atoms with Crippen LogP contribution in [0, 0.1) is 14.9 Å². The molecule has 0 saturated carbocycles. The lowest BCUT2D eigenvalue weighted by Gasteiger charge is -2.14. The van der Waals surface area contributed by atoms with Crippen molar-refractivity contribution < 1.29 is 14.3 Å². The van der Waals surface area contributed by atoms with E-state index >= 15 is 0 Å². The van der Waals surface area contributed by atoms with E-state index in [0.717, 1.165) is 21.1 Å². The summed E-state index contributed by atoms with van der Waals surface area (Å²) in [5.74, 6) is 0.303. The first-order valence-electron chi connectivity index (χ1n) is 10.2. The molecule has 3 aromatic rings. The Kier molecular flexibility index (Phi) is 8.75. The Morgan fingerprint density at radius 1 is 1.12 bits per heavy atom. The minimum atomic E-state index is -0.504. The van der Waals surface area contributed by atoms with E-state index in [9.17, 15) is 10.1 Å². The summed E-state index contributed by atoms with van der Waals surface area (Å²) in [6, 6.07) is 20.7. The van der Waals surface area contributed by atoms with Crippen LogP contribution in [0.4, 0.5) is 5.69 Å². The van der Waals surface area contributed by atoms with E-state index in [0.29, 0.717) is 34.4 Å². The molecule has 0 saturated heterocycles. The third-order valence-corrected chi connectivity index (χ3v) is 5.84. The van der Waals surface area contributed by atoms with Crippen molar-refractivity contribution in [3.8, 4) is 17.6 Å². The second kappa shape index (κ2) is 11.7. The van der Waals surface area contributed by atoms with Gasteiger partial charge in [-0.25, -0.2) is 0 Å². The van der Waals surface area contributed by atoms with Gasteiger partial charge in [0.05, 0.1) is 12.1 Å². The molecule has 0 spiro atoms. The minimum absolute atomic E-state index is 0.0553. The Balaban J connectivity index is 1.79. The normalized spacial score (nSPS) is 10.9. The van der Waals surface area contributed by atoms with E-state index in [2.05, 4.69) is 34.8 Å². The van der Waals surface area contributed by atoms with Gasteiger partial charge in [-0.2, -0.15) is 5.26 Å². The maximum atomic E-state index is 12.6. The number of ether oxygens (including phenoxy) is 2. The summed E-state index contributed by atoms with van der Waals surface area (Å²) in [4.78, 5) is 12.6. The van der Waals surface area contributed by atoms with E-state index < -0.39 is 5.91 Å². The lowest BCUT2D eigenvalue weighted by molar-refractivity contribution is -0.112. The Hall–Kier alpha value is -3.02. The smallest absolute Gasteiger partial charge is 0.266 e. The summed E-state index contributed by atoms with van der Waals surface area (Å²) in [7, 11) is 1.51. The van der Waals surface area contributed by atoms with Gasteiger partial charge in [0.25, 0.3) is 5.91 Å². The summed E-state index contributed by atoms with van der Waals surface area (Å²) >= 11 is 8.69. The number of anilines is 1. The van der Waals surface area contributed by atoms with Gasteiger partial charge >= 0.3 is 0 Å². The number of nitrogens with zero attached hydrogens (tertiary/aromatic N) is 1. The predicted molar refractivity (Wildman–Crippen MR) is 140 cm³/mol. The van der Waals surface area contributed by atoms with Crippen LogP contribution in [-0.2, 0) is 17.8 Å². The van der Waals surface area contributed by atoms with Gasteiger partial charge in [0, 0.05) is 9.26 Å². The molecule has 0 radical (unpaired) electrons. The third-order valence-electron chi connectivity index (χ3n) is 4.84. The quantitative estimate of drug-likeness (QED) is 0.187. The summed E-state index contributed by atoms with van der Waals surface area (Å²) in [6.45, 7) is 2.38. The number of methoxy groups -OCH3 is 1. The van der Waals surface area contributed by atoms with E-state index in [1.54, 1.807) is 12.1 Å². The standard InChI is InChI=1S/C26H22ClIN2O3/c1-3-17-6-10-22(11-7-17)30-26(31)20(15-29)12-19-13-23(27)25(24(14-19)32-2)33-16-18-4-8-21(28)9-5-18/h4-14H,3,16H2,1-2H3,(H,30,31)/b20-12+. The van der Waals surface area contributed by atoms with Crippen molar-refractivity contribution in [3.05, 3.63) is 91.5 Å². The molecule has 1 N–H and O–H groups in total. The topological polar surface area (TPSA) is 71.4 Å². The van der Waals surface area contributed by atoms with Crippen LogP contribution < -0.4 is 14.8 Å². The monoisotopic (exact) mass is 572 g/mol. The van der Waals surface area contributed by atoms with Gasteiger partial charge in [-0.1, -0.05) is 42.8 Å². The molecule has 3 rings (SSSR count). The third kappa shape index (κ3) is 6.73. The molecular formula is C26H22ClIN2O3. The number of rotatable bonds is 8. The summed E-state index contributed by atoms with van der Waals surface area (Å²) < 4.78 is 12.5. The zero-order chi connectivity index (χ0) is 23.8. The molecule has 0 heterocycles. The highest BCUT2D eigenvalue weighted by atomic mass is 127. The van der Waals surface area contributed by atoms with Gasteiger partial charge in [-0.3, -0.25) is 4.79 Å². The number of hydrogen-bond acceptors (Lipinski definition) is 4. The molecule has 0 unspecified atom stereocenters. The predicted octanol–water partition coefficient (Wildman–Crippen LogP) is 6.64. The van der Waals surface area contributed by atoms with Gasteiger partial charge < -0.3 is 14.8 Å². The lowest BCUT2D eigenvalue weighted by Crippen LogP contribution is -2.13. The Morgan fingerprint density at radius 3 is 2.39 bits per heavy atom. The number of amides is 1.